The van der Waals surface area contributed by atoms with Crippen LogP contribution in [0.25, 0.3) is 0 Å². The van der Waals surface area contributed by atoms with Crippen LogP contribution in [-0.4, -0.2) is 46.9 Å². The van der Waals surface area contributed by atoms with Gasteiger partial charge in [-0.1, -0.05) is 6.07 Å². The van der Waals surface area contributed by atoms with Gasteiger partial charge in [0.25, 0.3) is 5.91 Å². The molecule has 5 heteroatoms. The van der Waals surface area contributed by atoms with Crippen molar-refractivity contribution < 1.29 is 9.21 Å². The van der Waals surface area contributed by atoms with Crippen LogP contribution in [0.3, 0.4) is 0 Å². The van der Waals surface area contributed by atoms with Gasteiger partial charge in [-0.15, -0.1) is 0 Å². The van der Waals surface area contributed by atoms with Crippen molar-refractivity contribution in [2.24, 2.45) is 0 Å². The summed E-state index contributed by atoms with van der Waals surface area (Å²) in [7, 11) is 0. The lowest BCUT2D eigenvalue weighted by atomic mass is 10.2. The first kappa shape index (κ1) is 12.9. The van der Waals surface area contributed by atoms with E-state index in [-0.39, 0.29) is 5.91 Å². The second-order valence-corrected chi connectivity index (χ2v) is 4.87. The van der Waals surface area contributed by atoms with Gasteiger partial charge in [-0.2, -0.15) is 0 Å². The molecule has 0 N–H and O–H groups in total. The van der Waals surface area contributed by atoms with Crippen molar-refractivity contribution >= 4 is 5.91 Å². The fraction of sp³-hybridized carbons (Fsp3) is 0.333. The molecule has 104 valence electrons. The maximum absolute atomic E-state index is 12.1. The fourth-order valence-electron chi connectivity index (χ4n) is 2.39. The zero-order chi connectivity index (χ0) is 13.8. The van der Waals surface area contributed by atoms with Gasteiger partial charge in [0.1, 0.15) is 0 Å². The molecule has 20 heavy (non-hydrogen) atoms. The number of aromatic nitrogens is 1. The van der Waals surface area contributed by atoms with Gasteiger partial charge in [0.15, 0.2) is 5.76 Å². The molecular formula is C15H17N3O2. The van der Waals surface area contributed by atoms with E-state index in [2.05, 4.69) is 9.88 Å². The van der Waals surface area contributed by atoms with Crippen LogP contribution in [0.2, 0.25) is 0 Å². The molecule has 0 aromatic carbocycles. The second-order valence-electron chi connectivity index (χ2n) is 4.87. The molecule has 0 spiro atoms. The monoisotopic (exact) mass is 271 g/mol. The van der Waals surface area contributed by atoms with Gasteiger partial charge in [0.05, 0.1) is 12.0 Å². The van der Waals surface area contributed by atoms with Gasteiger partial charge < -0.3 is 9.32 Å². The molecule has 0 radical (unpaired) electrons. The molecule has 0 atom stereocenters. The first-order valence-corrected chi connectivity index (χ1v) is 6.78. The van der Waals surface area contributed by atoms with Crippen LogP contribution in [0, 0.1) is 0 Å². The smallest absolute Gasteiger partial charge is 0.289 e. The molecule has 2 aromatic rings. The molecule has 0 aliphatic carbocycles. The summed E-state index contributed by atoms with van der Waals surface area (Å²) < 4.78 is 5.16. The number of carbonyl (C=O) groups is 1. The normalized spacial score (nSPS) is 16.3. The van der Waals surface area contributed by atoms with Crippen LogP contribution >= 0.6 is 0 Å². The van der Waals surface area contributed by atoms with E-state index in [0.717, 1.165) is 38.4 Å². The zero-order valence-electron chi connectivity index (χ0n) is 11.2. The maximum Gasteiger partial charge on any atom is 0.289 e. The van der Waals surface area contributed by atoms with Crippen molar-refractivity contribution in [2.45, 2.75) is 6.54 Å². The van der Waals surface area contributed by atoms with Crippen LogP contribution in [0.5, 0.6) is 0 Å². The van der Waals surface area contributed by atoms with E-state index in [1.165, 1.54) is 6.26 Å². The Balaban J connectivity index is 1.53. The lowest BCUT2D eigenvalue weighted by Crippen LogP contribution is -2.48. The van der Waals surface area contributed by atoms with Gasteiger partial charge in [0, 0.05) is 38.9 Å². The van der Waals surface area contributed by atoms with Crippen molar-refractivity contribution in [1.29, 1.82) is 0 Å². The molecule has 1 amide bonds. The molecule has 3 heterocycles. The van der Waals surface area contributed by atoms with Crippen LogP contribution in [0.15, 0.2) is 47.2 Å². The van der Waals surface area contributed by atoms with E-state index in [4.69, 9.17) is 4.42 Å². The molecule has 0 unspecified atom stereocenters. The first-order valence-electron chi connectivity index (χ1n) is 6.78. The molecule has 0 bridgehead atoms. The summed E-state index contributed by atoms with van der Waals surface area (Å²) in [6.07, 6.45) is 3.34. The van der Waals surface area contributed by atoms with Crippen LogP contribution in [0.1, 0.15) is 16.2 Å². The minimum Gasteiger partial charge on any atom is -0.459 e. The van der Waals surface area contributed by atoms with E-state index in [0.29, 0.717) is 5.76 Å². The highest BCUT2D eigenvalue weighted by Gasteiger charge is 2.23. The Hall–Kier alpha value is -2.14. The summed E-state index contributed by atoms with van der Waals surface area (Å²) in [6, 6.07) is 9.40. The molecule has 0 saturated carbocycles. The molecule has 3 rings (SSSR count). The number of nitrogens with zero attached hydrogens (tertiary/aromatic N) is 3. The summed E-state index contributed by atoms with van der Waals surface area (Å²) in [5.74, 6) is 0.399. The third-order valence-corrected chi connectivity index (χ3v) is 3.50. The fourth-order valence-corrected chi connectivity index (χ4v) is 2.39. The largest absolute Gasteiger partial charge is 0.459 e. The van der Waals surface area contributed by atoms with Gasteiger partial charge >= 0.3 is 0 Å². The highest BCUT2D eigenvalue weighted by atomic mass is 16.3. The Labute approximate surface area is 117 Å². The average Bonchev–Trinajstić information content (AvgIpc) is 3.03. The van der Waals surface area contributed by atoms with Gasteiger partial charge in [0.2, 0.25) is 0 Å². The number of pyridine rings is 1. The van der Waals surface area contributed by atoms with E-state index >= 15 is 0 Å². The highest BCUT2D eigenvalue weighted by molar-refractivity contribution is 5.91. The minimum atomic E-state index is -0.0208. The van der Waals surface area contributed by atoms with E-state index in [1.54, 1.807) is 12.1 Å². The molecule has 5 nitrogen and oxygen atoms in total. The molecule has 1 fully saturated rings. The minimum absolute atomic E-state index is 0.0208. The predicted octanol–water partition coefficient (Wildman–Crippen LogP) is 1.63. The Kier molecular flexibility index (Phi) is 3.78. The van der Waals surface area contributed by atoms with E-state index < -0.39 is 0 Å². The molecular weight excluding hydrogens is 254 g/mol. The van der Waals surface area contributed by atoms with E-state index in [1.807, 2.05) is 29.3 Å². The second kappa shape index (κ2) is 5.88. The van der Waals surface area contributed by atoms with Gasteiger partial charge in [-0.25, -0.2) is 0 Å². The lowest BCUT2D eigenvalue weighted by Gasteiger charge is -2.34. The van der Waals surface area contributed by atoms with Crippen LogP contribution < -0.4 is 0 Å². The summed E-state index contributed by atoms with van der Waals surface area (Å²) in [6.45, 7) is 4.02. The number of hydrogen-bond acceptors (Lipinski definition) is 4. The topological polar surface area (TPSA) is 49.6 Å². The predicted molar refractivity (Wildman–Crippen MR) is 74.1 cm³/mol. The summed E-state index contributed by atoms with van der Waals surface area (Å²) >= 11 is 0. The highest BCUT2D eigenvalue weighted by Crippen LogP contribution is 2.11. The Morgan fingerprint density at radius 1 is 1.15 bits per heavy atom. The number of rotatable bonds is 3. The number of carbonyl (C=O) groups excluding carboxylic acids is 1. The lowest BCUT2D eigenvalue weighted by molar-refractivity contribution is 0.0596. The standard InChI is InChI=1S/C15H17N3O2/c19-15(14-5-3-11-20-14)18-9-7-17(8-10-18)12-13-4-1-2-6-16-13/h1-6,11H,7-10,12H2. The zero-order valence-corrected chi connectivity index (χ0v) is 11.2. The van der Waals surface area contributed by atoms with Crippen molar-refractivity contribution in [3.63, 3.8) is 0 Å². The van der Waals surface area contributed by atoms with E-state index in [9.17, 15) is 4.79 Å². The summed E-state index contributed by atoms with van der Waals surface area (Å²) in [5, 5.41) is 0. The van der Waals surface area contributed by atoms with Crippen molar-refractivity contribution in [3.8, 4) is 0 Å². The maximum atomic E-state index is 12.1. The molecule has 1 aliphatic heterocycles. The summed E-state index contributed by atoms with van der Waals surface area (Å²) in [4.78, 5) is 20.6. The van der Waals surface area contributed by atoms with Crippen molar-refractivity contribution in [2.75, 3.05) is 26.2 Å². The van der Waals surface area contributed by atoms with Gasteiger partial charge in [-0.3, -0.25) is 14.7 Å². The van der Waals surface area contributed by atoms with Crippen LogP contribution in [-0.2, 0) is 6.54 Å². The van der Waals surface area contributed by atoms with Gasteiger partial charge in [-0.05, 0) is 24.3 Å². The SMILES string of the molecule is O=C(c1ccco1)N1CCN(Cc2ccccn2)CC1. The first-order chi connectivity index (χ1) is 9.83. The van der Waals surface area contributed by atoms with Crippen LogP contribution in [0.4, 0.5) is 0 Å². The molecule has 1 saturated heterocycles. The molecule has 1 aliphatic rings. The molecule has 2 aromatic heterocycles. The average molecular weight is 271 g/mol. The Bertz CT molecular complexity index is 546. The Morgan fingerprint density at radius 3 is 2.65 bits per heavy atom. The quantitative estimate of drug-likeness (QED) is 0.851. The number of furan rings is 1. The summed E-state index contributed by atoms with van der Waals surface area (Å²) in [5.41, 5.74) is 1.07. The number of piperazine rings is 1. The number of hydrogen-bond donors (Lipinski definition) is 0. The van der Waals surface area contributed by atoms with Crippen molar-refractivity contribution in [1.82, 2.24) is 14.8 Å². The number of amides is 1. The third kappa shape index (κ3) is 2.88. The Morgan fingerprint density at radius 2 is 2.00 bits per heavy atom. The third-order valence-electron chi connectivity index (χ3n) is 3.50. The van der Waals surface area contributed by atoms with Crippen molar-refractivity contribution in [3.05, 3.63) is 54.2 Å².